The van der Waals surface area contributed by atoms with Crippen LogP contribution < -0.4 is 20.4 Å². The number of aliphatic hydroxyl groups excluding tert-OH is 1. The number of piperazine rings is 1. The fourth-order valence-corrected chi connectivity index (χ4v) is 6.42. The molecule has 38 heavy (non-hydrogen) atoms. The molecule has 2 atom stereocenters. The lowest BCUT2D eigenvalue weighted by Crippen LogP contribution is -2.52. The average Bonchev–Trinajstić information content (AvgIpc) is 3.10. The van der Waals surface area contributed by atoms with Crippen LogP contribution in [0.1, 0.15) is 34.3 Å². The van der Waals surface area contributed by atoms with E-state index in [2.05, 4.69) is 43.5 Å². The van der Waals surface area contributed by atoms with Crippen molar-refractivity contribution in [1.29, 1.82) is 0 Å². The SMILES string of the molecule is Cc1cccc(Cl)c1-c1c(Nc2ncc3c(n2)N(C)CNC3=O)ccc(N2CC3CCC(C2)N3C)c1CO. The maximum absolute atomic E-state index is 12.3. The average molecular weight is 534 g/mol. The summed E-state index contributed by atoms with van der Waals surface area (Å²) in [5.74, 6) is 0.740. The fourth-order valence-electron chi connectivity index (χ4n) is 6.11. The Morgan fingerprint density at radius 1 is 1.13 bits per heavy atom. The first-order valence-corrected chi connectivity index (χ1v) is 13.4. The molecule has 10 heteroatoms. The summed E-state index contributed by atoms with van der Waals surface area (Å²) >= 11 is 6.80. The topological polar surface area (TPSA) is 96.9 Å². The van der Waals surface area contributed by atoms with Gasteiger partial charge in [-0.3, -0.25) is 9.69 Å². The lowest BCUT2D eigenvalue weighted by atomic mass is 9.92. The number of likely N-dealkylation sites (N-methyl/N-ethyl adjacent to an activating group) is 1. The predicted molar refractivity (Wildman–Crippen MR) is 150 cm³/mol. The molecule has 2 unspecified atom stereocenters. The summed E-state index contributed by atoms with van der Waals surface area (Å²) in [6.07, 6.45) is 3.94. The van der Waals surface area contributed by atoms with Crippen LogP contribution in [0.4, 0.5) is 23.1 Å². The molecule has 2 bridgehead atoms. The van der Waals surface area contributed by atoms with Crippen LogP contribution >= 0.6 is 11.6 Å². The maximum Gasteiger partial charge on any atom is 0.258 e. The number of halogens is 1. The molecule has 3 N–H and O–H groups in total. The van der Waals surface area contributed by atoms with Gasteiger partial charge in [0.15, 0.2) is 0 Å². The van der Waals surface area contributed by atoms with Gasteiger partial charge in [0.05, 0.1) is 13.3 Å². The van der Waals surface area contributed by atoms with Crippen LogP contribution in [0.25, 0.3) is 11.1 Å². The van der Waals surface area contributed by atoms with E-state index in [1.807, 2.05) is 43.1 Å². The van der Waals surface area contributed by atoms with E-state index in [1.54, 1.807) is 0 Å². The van der Waals surface area contributed by atoms with Crippen molar-refractivity contribution in [1.82, 2.24) is 20.2 Å². The summed E-state index contributed by atoms with van der Waals surface area (Å²) in [6.45, 7) is 4.12. The lowest BCUT2D eigenvalue weighted by Gasteiger charge is -2.41. The number of aromatic nitrogens is 2. The predicted octanol–water partition coefficient (Wildman–Crippen LogP) is 3.76. The summed E-state index contributed by atoms with van der Waals surface area (Å²) in [6, 6.07) is 11.0. The zero-order valence-corrected chi connectivity index (χ0v) is 22.6. The molecule has 1 amide bonds. The summed E-state index contributed by atoms with van der Waals surface area (Å²) in [5.41, 5.74) is 5.75. The van der Waals surface area contributed by atoms with Gasteiger partial charge in [-0.25, -0.2) is 4.98 Å². The molecule has 2 aromatic carbocycles. The van der Waals surface area contributed by atoms with E-state index in [4.69, 9.17) is 11.6 Å². The van der Waals surface area contributed by atoms with Crippen LogP contribution in [0.15, 0.2) is 36.5 Å². The Bertz CT molecular complexity index is 1380. The molecule has 0 spiro atoms. The van der Waals surface area contributed by atoms with Crippen molar-refractivity contribution < 1.29 is 9.90 Å². The number of nitrogens with one attached hydrogen (secondary N) is 2. The van der Waals surface area contributed by atoms with Crippen molar-refractivity contribution in [3.8, 4) is 11.1 Å². The van der Waals surface area contributed by atoms with E-state index in [0.29, 0.717) is 41.1 Å². The van der Waals surface area contributed by atoms with E-state index in [0.717, 1.165) is 46.7 Å². The Hall–Kier alpha value is -3.40. The van der Waals surface area contributed by atoms with Gasteiger partial charge in [0.2, 0.25) is 5.95 Å². The molecule has 0 aliphatic carbocycles. The zero-order valence-electron chi connectivity index (χ0n) is 21.8. The Morgan fingerprint density at radius 2 is 1.89 bits per heavy atom. The van der Waals surface area contributed by atoms with Gasteiger partial charge in [-0.1, -0.05) is 23.7 Å². The molecular formula is C28H32ClN7O2. The van der Waals surface area contributed by atoms with Crippen LogP contribution in [-0.4, -0.2) is 71.8 Å². The third kappa shape index (κ3) is 4.15. The van der Waals surface area contributed by atoms with Crippen LogP contribution in [0, 0.1) is 6.92 Å². The second-order valence-electron chi connectivity index (χ2n) is 10.4. The number of aryl methyl sites for hydroxylation is 1. The largest absolute Gasteiger partial charge is 0.392 e. The Balaban J connectivity index is 1.47. The number of nitrogens with zero attached hydrogens (tertiary/aromatic N) is 5. The highest BCUT2D eigenvalue weighted by Gasteiger charge is 2.38. The van der Waals surface area contributed by atoms with E-state index >= 15 is 0 Å². The van der Waals surface area contributed by atoms with Gasteiger partial charge in [-0.15, -0.1) is 0 Å². The highest BCUT2D eigenvalue weighted by atomic mass is 35.5. The second-order valence-corrected chi connectivity index (χ2v) is 10.9. The monoisotopic (exact) mass is 533 g/mol. The van der Waals surface area contributed by atoms with Crippen LogP contribution in [0.2, 0.25) is 5.02 Å². The molecule has 9 nitrogen and oxygen atoms in total. The minimum Gasteiger partial charge on any atom is -0.392 e. The van der Waals surface area contributed by atoms with Crippen LogP contribution in [0.5, 0.6) is 0 Å². The van der Waals surface area contributed by atoms with Crippen molar-refractivity contribution in [2.75, 3.05) is 49.0 Å². The van der Waals surface area contributed by atoms with Gasteiger partial charge in [-0.05, 0) is 50.6 Å². The molecule has 3 aliphatic heterocycles. The summed E-state index contributed by atoms with van der Waals surface area (Å²) in [5, 5.41) is 17.6. The van der Waals surface area contributed by atoms with Crippen LogP contribution in [0.3, 0.4) is 0 Å². The van der Waals surface area contributed by atoms with E-state index in [1.165, 1.54) is 19.0 Å². The molecule has 3 aromatic rings. The van der Waals surface area contributed by atoms with Crippen molar-refractivity contribution in [2.45, 2.75) is 38.5 Å². The second kappa shape index (κ2) is 9.72. The number of carbonyl (C=O) groups is 1. The van der Waals surface area contributed by atoms with Gasteiger partial charge < -0.3 is 25.5 Å². The summed E-state index contributed by atoms with van der Waals surface area (Å²) < 4.78 is 0. The van der Waals surface area contributed by atoms with Crippen molar-refractivity contribution in [3.63, 3.8) is 0 Å². The maximum atomic E-state index is 12.3. The minimum atomic E-state index is -0.190. The van der Waals surface area contributed by atoms with Gasteiger partial charge in [0, 0.05) is 71.5 Å². The Kier molecular flexibility index (Phi) is 6.37. The molecule has 198 valence electrons. The molecule has 3 aliphatic rings. The van der Waals surface area contributed by atoms with Crippen molar-refractivity contribution in [3.05, 3.63) is 58.2 Å². The van der Waals surface area contributed by atoms with Gasteiger partial charge >= 0.3 is 0 Å². The van der Waals surface area contributed by atoms with Gasteiger partial charge in [-0.2, -0.15) is 4.98 Å². The van der Waals surface area contributed by atoms with Crippen molar-refractivity contribution >= 4 is 40.6 Å². The number of fused-ring (bicyclic) bond motifs is 3. The third-order valence-electron chi connectivity index (χ3n) is 8.20. The first-order valence-electron chi connectivity index (χ1n) is 13.0. The molecule has 1 aromatic heterocycles. The minimum absolute atomic E-state index is 0.138. The molecule has 2 fully saturated rings. The number of anilines is 4. The number of hydrogen-bond acceptors (Lipinski definition) is 8. The third-order valence-corrected chi connectivity index (χ3v) is 8.52. The number of hydrogen-bond donors (Lipinski definition) is 3. The molecule has 4 heterocycles. The summed E-state index contributed by atoms with van der Waals surface area (Å²) in [7, 11) is 4.09. The molecule has 2 saturated heterocycles. The quantitative estimate of drug-likeness (QED) is 0.456. The number of amides is 1. The number of benzene rings is 2. The highest BCUT2D eigenvalue weighted by Crippen LogP contribution is 2.44. The van der Waals surface area contributed by atoms with Gasteiger partial charge in [0.1, 0.15) is 11.4 Å². The molecule has 6 rings (SSSR count). The fraction of sp³-hybridized carbons (Fsp3) is 0.393. The van der Waals surface area contributed by atoms with E-state index in [9.17, 15) is 9.90 Å². The number of carbonyl (C=O) groups excluding carboxylic acids is 1. The molecular weight excluding hydrogens is 502 g/mol. The highest BCUT2D eigenvalue weighted by molar-refractivity contribution is 6.33. The molecule has 0 radical (unpaired) electrons. The Morgan fingerprint density at radius 3 is 2.61 bits per heavy atom. The lowest BCUT2D eigenvalue weighted by molar-refractivity contribution is 0.0947. The van der Waals surface area contributed by atoms with E-state index in [-0.39, 0.29) is 12.5 Å². The van der Waals surface area contributed by atoms with Crippen LogP contribution in [-0.2, 0) is 6.61 Å². The smallest absolute Gasteiger partial charge is 0.258 e. The van der Waals surface area contributed by atoms with Crippen molar-refractivity contribution in [2.24, 2.45) is 0 Å². The molecule has 0 saturated carbocycles. The first-order chi connectivity index (χ1) is 18.4. The Labute approximate surface area is 227 Å². The number of rotatable bonds is 5. The summed E-state index contributed by atoms with van der Waals surface area (Å²) in [4.78, 5) is 28.1. The van der Waals surface area contributed by atoms with E-state index < -0.39 is 0 Å². The van der Waals surface area contributed by atoms with Gasteiger partial charge in [0.25, 0.3) is 5.91 Å². The standard InChI is InChI=1S/C28H32ClN7O2/c1-16-5-4-6-21(29)24(16)25-20(14-37)23(36-12-17-7-8-18(13-36)35(17)3)10-9-22(25)32-28-30-11-19-26(33-28)34(2)15-31-27(19)38/h4-6,9-11,17-18,37H,7-8,12-15H2,1-3H3,(H,31,38)(H,30,32,33). The normalized spacial score (nSPS) is 20.9. The zero-order chi connectivity index (χ0) is 26.6. The first kappa shape index (κ1) is 24.9. The number of aliphatic hydroxyl groups is 1.